The molecule has 0 radical (unpaired) electrons. The Morgan fingerprint density at radius 3 is 2.53 bits per heavy atom. The van der Waals surface area contributed by atoms with Crippen LogP contribution in [0, 0.1) is 28.5 Å². The van der Waals surface area contributed by atoms with Gasteiger partial charge in [-0.15, -0.1) is 0 Å². The molecule has 3 heteroatoms. The van der Waals surface area contributed by atoms with Gasteiger partial charge in [0.25, 0.3) is 0 Å². The fourth-order valence-electron chi connectivity index (χ4n) is 2.03. The number of nitriles is 1. The monoisotopic (exact) mass is 232 g/mol. The first-order chi connectivity index (χ1) is 7.91. The minimum absolute atomic E-state index is 0.127. The van der Waals surface area contributed by atoms with Crippen LogP contribution in [-0.4, -0.2) is 13.1 Å². The molecule has 2 nitrogen and oxygen atoms in total. The number of halogens is 1. The molecule has 1 aliphatic rings. The van der Waals surface area contributed by atoms with Crippen molar-refractivity contribution in [1.29, 1.82) is 5.26 Å². The summed E-state index contributed by atoms with van der Waals surface area (Å²) in [5, 5.41) is 8.79. The summed E-state index contributed by atoms with van der Waals surface area (Å²) in [5.74, 6) is 0.224. The van der Waals surface area contributed by atoms with E-state index in [-0.39, 0.29) is 5.56 Å². The van der Waals surface area contributed by atoms with E-state index in [1.807, 2.05) is 6.07 Å². The van der Waals surface area contributed by atoms with Gasteiger partial charge >= 0.3 is 0 Å². The molecule has 90 valence electrons. The Kier molecular flexibility index (Phi) is 2.82. The second-order valence-electron chi connectivity index (χ2n) is 5.74. The lowest BCUT2D eigenvalue weighted by Crippen LogP contribution is -2.52. The normalized spacial score (nSPS) is 16.5. The maximum absolute atomic E-state index is 13.2. The molecule has 0 bridgehead atoms. The summed E-state index contributed by atoms with van der Waals surface area (Å²) < 4.78 is 13.2. The third-order valence-corrected chi connectivity index (χ3v) is 3.54. The summed E-state index contributed by atoms with van der Waals surface area (Å²) in [4.78, 5) is 2.19. The lowest BCUT2D eigenvalue weighted by molar-refractivity contribution is 0.195. The van der Waals surface area contributed by atoms with E-state index in [2.05, 4.69) is 25.7 Å². The first-order valence-electron chi connectivity index (χ1n) is 5.86. The van der Waals surface area contributed by atoms with Crippen LogP contribution >= 0.6 is 0 Å². The largest absolute Gasteiger partial charge is 0.371 e. The van der Waals surface area contributed by atoms with Crippen molar-refractivity contribution in [2.45, 2.75) is 20.8 Å². The van der Waals surface area contributed by atoms with Crippen molar-refractivity contribution in [2.75, 3.05) is 18.0 Å². The topological polar surface area (TPSA) is 27.0 Å². The average molecular weight is 232 g/mol. The highest BCUT2D eigenvalue weighted by atomic mass is 19.1. The lowest BCUT2D eigenvalue weighted by atomic mass is 9.76. The molecule has 2 rings (SSSR count). The van der Waals surface area contributed by atoms with E-state index < -0.39 is 5.82 Å². The fourth-order valence-corrected chi connectivity index (χ4v) is 2.03. The summed E-state index contributed by atoms with van der Waals surface area (Å²) in [6, 6.07) is 6.63. The van der Waals surface area contributed by atoms with Gasteiger partial charge in [-0.1, -0.05) is 20.8 Å². The maximum atomic E-state index is 13.2. The molecule has 0 spiro atoms. The minimum Gasteiger partial charge on any atom is -0.371 e. The molecule has 0 unspecified atom stereocenters. The van der Waals surface area contributed by atoms with E-state index in [4.69, 9.17) is 5.26 Å². The highest BCUT2D eigenvalue weighted by Crippen LogP contribution is 2.36. The molecule has 17 heavy (non-hydrogen) atoms. The molecule has 1 heterocycles. The molecule has 0 atom stereocenters. The van der Waals surface area contributed by atoms with Crippen molar-refractivity contribution in [2.24, 2.45) is 11.3 Å². The summed E-state index contributed by atoms with van der Waals surface area (Å²) in [7, 11) is 0. The van der Waals surface area contributed by atoms with Crippen molar-refractivity contribution in [3.63, 3.8) is 0 Å². The quantitative estimate of drug-likeness (QED) is 0.743. The molecular weight excluding hydrogens is 215 g/mol. The SMILES string of the molecule is CC(C)(C)C1CN(c2ccc(F)c(C#N)c2)C1. The summed E-state index contributed by atoms with van der Waals surface area (Å²) in [6.45, 7) is 8.68. The van der Waals surface area contributed by atoms with Crippen molar-refractivity contribution in [3.8, 4) is 6.07 Å². The van der Waals surface area contributed by atoms with Gasteiger partial charge in [-0.2, -0.15) is 5.26 Å². The zero-order valence-corrected chi connectivity index (χ0v) is 10.5. The maximum Gasteiger partial charge on any atom is 0.141 e. The smallest absolute Gasteiger partial charge is 0.141 e. The van der Waals surface area contributed by atoms with Crippen molar-refractivity contribution < 1.29 is 4.39 Å². The Morgan fingerprint density at radius 2 is 2.00 bits per heavy atom. The van der Waals surface area contributed by atoms with Gasteiger partial charge in [0.15, 0.2) is 0 Å². The number of hydrogen-bond acceptors (Lipinski definition) is 2. The van der Waals surface area contributed by atoms with Gasteiger partial charge < -0.3 is 4.90 Å². The van der Waals surface area contributed by atoms with Gasteiger partial charge in [-0.05, 0) is 29.5 Å². The predicted octanol–water partition coefficient (Wildman–Crippen LogP) is 3.18. The zero-order chi connectivity index (χ0) is 12.6. The molecule has 1 aliphatic heterocycles. The van der Waals surface area contributed by atoms with Crippen LogP contribution in [0.3, 0.4) is 0 Å². The van der Waals surface area contributed by atoms with Crippen molar-refractivity contribution in [3.05, 3.63) is 29.6 Å². The Morgan fingerprint density at radius 1 is 1.35 bits per heavy atom. The molecule has 1 saturated heterocycles. The van der Waals surface area contributed by atoms with Crippen LogP contribution in [0.25, 0.3) is 0 Å². The van der Waals surface area contributed by atoms with Gasteiger partial charge in [0.2, 0.25) is 0 Å². The van der Waals surface area contributed by atoms with E-state index in [0.29, 0.717) is 11.3 Å². The van der Waals surface area contributed by atoms with Crippen LogP contribution in [0.15, 0.2) is 18.2 Å². The third-order valence-electron chi connectivity index (χ3n) is 3.54. The van der Waals surface area contributed by atoms with Gasteiger partial charge in [0, 0.05) is 18.8 Å². The van der Waals surface area contributed by atoms with Crippen molar-refractivity contribution in [1.82, 2.24) is 0 Å². The molecular formula is C14H17FN2. The number of hydrogen-bond donors (Lipinski definition) is 0. The minimum atomic E-state index is -0.441. The Bertz CT molecular complexity index is 462. The number of benzene rings is 1. The molecule has 1 fully saturated rings. The number of anilines is 1. The Balaban J connectivity index is 2.10. The molecule has 0 saturated carbocycles. The molecule has 0 N–H and O–H groups in total. The van der Waals surface area contributed by atoms with E-state index in [0.717, 1.165) is 18.8 Å². The summed E-state index contributed by atoms with van der Waals surface area (Å²) >= 11 is 0. The second-order valence-corrected chi connectivity index (χ2v) is 5.74. The van der Waals surface area contributed by atoms with Gasteiger partial charge in [0.1, 0.15) is 11.9 Å². The van der Waals surface area contributed by atoms with Crippen molar-refractivity contribution >= 4 is 5.69 Å². The predicted molar refractivity (Wildman–Crippen MR) is 66.3 cm³/mol. The van der Waals surface area contributed by atoms with Crippen LogP contribution in [-0.2, 0) is 0 Å². The molecule has 0 amide bonds. The molecule has 0 aromatic heterocycles. The lowest BCUT2D eigenvalue weighted by Gasteiger charge is -2.47. The standard InChI is InChI=1S/C14H17FN2/c1-14(2,3)11-8-17(9-11)12-4-5-13(15)10(6-12)7-16/h4-6,11H,8-9H2,1-3H3. The Hall–Kier alpha value is -1.56. The van der Waals surface area contributed by atoms with Gasteiger partial charge in [0.05, 0.1) is 5.56 Å². The zero-order valence-electron chi connectivity index (χ0n) is 10.5. The summed E-state index contributed by atoms with van der Waals surface area (Å²) in [6.07, 6.45) is 0. The third kappa shape index (κ3) is 2.26. The van der Waals surface area contributed by atoms with Crippen LogP contribution in [0.1, 0.15) is 26.3 Å². The summed E-state index contributed by atoms with van der Waals surface area (Å²) in [5.41, 5.74) is 1.39. The highest BCUT2D eigenvalue weighted by molar-refractivity contribution is 5.53. The number of rotatable bonds is 1. The number of nitrogens with zero attached hydrogens (tertiary/aromatic N) is 2. The van der Waals surface area contributed by atoms with E-state index in [9.17, 15) is 4.39 Å². The van der Waals surface area contributed by atoms with E-state index in [1.54, 1.807) is 12.1 Å². The molecule has 1 aromatic carbocycles. The first kappa shape index (κ1) is 11.9. The van der Waals surface area contributed by atoms with Crippen LogP contribution < -0.4 is 4.90 Å². The highest BCUT2D eigenvalue weighted by Gasteiger charge is 2.35. The van der Waals surface area contributed by atoms with Gasteiger partial charge in [-0.25, -0.2) is 4.39 Å². The van der Waals surface area contributed by atoms with Gasteiger partial charge in [-0.3, -0.25) is 0 Å². The first-order valence-corrected chi connectivity index (χ1v) is 5.86. The Labute approximate surface area is 102 Å². The van der Waals surface area contributed by atoms with Crippen LogP contribution in [0.4, 0.5) is 10.1 Å². The van der Waals surface area contributed by atoms with E-state index >= 15 is 0 Å². The van der Waals surface area contributed by atoms with Crippen LogP contribution in [0.2, 0.25) is 0 Å². The fraction of sp³-hybridized carbons (Fsp3) is 0.500. The van der Waals surface area contributed by atoms with E-state index in [1.165, 1.54) is 6.07 Å². The average Bonchev–Trinajstić information content (AvgIpc) is 2.16. The second kappa shape index (κ2) is 4.03. The molecule has 1 aromatic rings. The molecule has 0 aliphatic carbocycles. The van der Waals surface area contributed by atoms with Crippen LogP contribution in [0.5, 0.6) is 0 Å².